The summed E-state index contributed by atoms with van der Waals surface area (Å²) in [5.41, 5.74) is 0.331. The highest BCUT2D eigenvalue weighted by Gasteiger charge is 2.49. The summed E-state index contributed by atoms with van der Waals surface area (Å²) in [5.74, 6) is -0.0707. The van der Waals surface area contributed by atoms with Crippen LogP contribution in [0.3, 0.4) is 0 Å². The highest BCUT2D eigenvalue weighted by Crippen LogP contribution is 2.51. The minimum atomic E-state index is -4.33. The Morgan fingerprint density at radius 2 is 1.95 bits per heavy atom. The Labute approximate surface area is 120 Å². The maximum absolute atomic E-state index is 12.4. The van der Waals surface area contributed by atoms with Gasteiger partial charge < -0.3 is 10.6 Å². The van der Waals surface area contributed by atoms with E-state index in [-0.39, 0.29) is 18.5 Å². The van der Waals surface area contributed by atoms with Crippen LogP contribution < -0.4 is 10.6 Å². The fourth-order valence-corrected chi connectivity index (χ4v) is 2.78. The van der Waals surface area contributed by atoms with Gasteiger partial charge in [-0.2, -0.15) is 13.2 Å². The standard InChI is InChI=1S/C15H17F3N2O/c16-15(17,18)11-3-1-10(2-4-11)8-19-13(21)12-7-14(5-6-14)9-20-12/h1-4,12,20H,5-9H2,(H,19,21)/t12-/m1/s1. The molecular weight excluding hydrogens is 281 g/mol. The van der Waals surface area contributed by atoms with E-state index < -0.39 is 11.7 Å². The number of benzene rings is 1. The van der Waals surface area contributed by atoms with Crippen LogP contribution in [0.2, 0.25) is 0 Å². The Balaban J connectivity index is 1.52. The van der Waals surface area contributed by atoms with Crippen molar-refractivity contribution in [1.29, 1.82) is 0 Å². The topological polar surface area (TPSA) is 41.1 Å². The molecule has 1 aromatic carbocycles. The molecule has 2 aliphatic rings. The Bertz CT molecular complexity index is 535. The molecule has 0 unspecified atom stereocenters. The zero-order valence-corrected chi connectivity index (χ0v) is 11.5. The molecule has 1 saturated heterocycles. The summed E-state index contributed by atoms with van der Waals surface area (Å²) >= 11 is 0. The fraction of sp³-hybridized carbons (Fsp3) is 0.533. The molecule has 3 nitrogen and oxygen atoms in total. The maximum Gasteiger partial charge on any atom is 0.416 e. The number of halogens is 3. The van der Waals surface area contributed by atoms with E-state index in [0.29, 0.717) is 11.0 Å². The molecular formula is C15H17F3N2O. The fourth-order valence-electron chi connectivity index (χ4n) is 2.78. The van der Waals surface area contributed by atoms with Crippen LogP contribution in [-0.2, 0) is 17.5 Å². The van der Waals surface area contributed by atoms with Crippen molar-refractivity contribution >= 4 is 5.91 Å². The second kappa shape index (κ2) is 5.02. The molecule has 0 aromatic heterocycles. The molecule has 1 aliphatic carbocycles. The lowest BCUT2D eigenvalue weighted by atomic mass is 10.0. The average molecular weight is 298 g/mol. The minimum absolute atomic E-state index is 0.0707. The molecule has 0 bridgehead atoms. The smallest absolute Gasteiger partial charge is 0.351 e. The highest BCUT2D eigenvalue weighted by atomic mass is 19.4. The largest absolute Gasteiger partial charge is 0.416 e. The van der Waals surface area contributed by atoms with Crippen molar-refractivity contribution in [3.05, 3.63) is 35.4 Å². The Morgan fingerprint density at radius 3 is 2.48 bits per heavy atom. The number of carbonyl (C=O) groups is 1. The molecule has 114 valence electrons. The van der Waals surface area contributed by atoms with Crippen molar-refractivity contribution in [1.82, 2.24) is 10.6 Å². The number of hydrogen-bond donors (Lipinski definition) is 2. The van der Waals surface area contributed by atoms with Gasteiger partial charge in [0, 0.05) is 13.1 Å². The first-order chi connectivity index (χ1) is 9.88. The molecule has 1 heterocycles. The molecule has 6 heteroatoms. The van der Waals surface area contributed by atoms with Crippen LogP contribution in [0.25, 0.3) is 0 Å². The normalized spacial score (nSPS) is 23.3. The summed E-state index contributed by atoms with van der Waals surface area (Å²) < 4.78 is 37.3. The summed E-state index contributed by atoms with van der Waals surface area (Å²) in [5, 5.41) is 6.00. The molecule has 1 amide bonds. The third-order valence-corrected chi connectivity index (χ3v) is 4.38. The molecule has 0 radical (unpaired) electrons. The highest BCUT2D eigenvalue weighted by molar-refractivity contribution is 5.82. The molecule has 2 fully saturated rings. The molecule has 3 rings (SSSR count). The number of rotatable bonds is 3. The number of amides is 1. The van der Waals surface area contributed by atoms with E-state index in [9.17, 15) is 18.0 Å². The van der Waals surface area contributed by atoms with Crippen molar-refractivity contribution in [2.24, 2.45) is 5.41 Å². The molecule has 1 aliphatic heterocycles. The van der Waals surface area contributed by atoms with Crippen LogP contribution in [0.4, 0.5) is 13.2 Å². The number of hydrogen-bond acceptors (Lipinski definition) is 2. The maximum atomic E-state index is 12.4. The van der Waals surface area contributed by atoms with Crippen molar-refractivity contribution in [2.75, 3.05) is 6.54 Å². The molecule has 21 heavy (non-hydrogen) atoms. The first kappa shape index (κ1) is 14.4. The van der Waals surface area contributed by atoms with Crippen LogP contribution in [-0.4, -0.2) is 18.5 Å². The van der Waals surface area contributed by atoms with E-state index >= 15 is 0 Å². The van der Waals surface area contributed by atoms with Gasteiger partial charge in [-0.15, -0.1) is 0 Å². The van der Waals surface area contributed by atoms with Crippen LogP contribution in [0.1, 0.15) is 30.4 Å². The van der Waals surface area contributed by atoms with E-state index in [1.807, 2.05) is 0 Å². The number of alkyl halides is 3. The van der Waals surface area contributed by atoms with Crippen LogP contribution >= 0.6 is 0 Å². The van der Waals surface area contributed by atoms with Gasteiger partial charge in [0.15, 0.2) is 0 Å². The van der Waals surface area contributed by atoms with Crippen molar-refractivity contribution < 1.29 is 18.0 Å². The van der Waals surface area contributed by atoms with Gasteiger partial charge in [-0.3, -0.25) is 4.79 Å². The van der Waals surface area contributed by atoms with Gasteiger partial charge in [0.05, 0.1) is 11.6 Å². The quantitative estimate of drug-likeness (QED) is 0.900. The molecule has 1 spiro atoms. The zero-order chi connectivity index (χ0) is 15.1. The SMILES string of the molecule is O=C(NCc1ccc(C(F)(F)F)cc1)[C@H]1CC2(CC2)CN1. The molecule has 1 saturated carbocycles. The number of carbonyl (C=O) groups excluding carboxylic acids is 1. The third-order valence-electron chi connectivity index (χ3n) is 4.38. The van der Waals surface area contributed by atoms with E-state index in [1.165, 1.54) is 25.0 Å². The van der Waals surface area contributed by atoms with E-state index in [0.717, 1.165) is 25.1 Å². The lowest BCUT2D eigenvalue weighted by Gasteiger charge is -2.12. The van der Waals surface area contributed by atoms with Crippen LogP contribution in [0, 0.1) is 5.41 Å². The Kier molecular flexibility index (Phi) is 3.43. The predicted octanol–water partition coefficient (Wildman–Crippen LogP) is 2.46. The van der Waals surface area contributed by atoms with Crippen molar-refractivity contribution in [3.8, 4) is 0 Å². The van der Waals surface area contributed by atoms with Gasteiger partial charge in [-0.25, -0.2) is 0 Å². The van der Waals surface area contributed by atoms with Crippen molar-refractivity contribution in [3.63, 3.8) is 0 Å². The van der Waals surface area contributed by atoms with Crippen molar-refractivity contribution in [2.45, 2.75) is 38.0 Å². The van der Waals surface area contributed by atoms with Gasteiger partial charge in [0.2, 0.25) is 5.91 Å². The van der Waals surface area contributed by atoms with Gasteiger partial charge in [-0.1, -0.05) is 12.1 Å². The van der Waals surface area contributed by atoms with Crippen LogP contribution in [0.5, 0.6) is 0 Å². The lowest BCUT2D eigenvalue weighted by Crippen LogP contribution is -2.40. The van der Waals surface area contributed by atoms with Gasteiger partial charge in [0.1, 0.15) is 0 Å². The average Bonchev–Trinajstić information content (AvgIpc) is 3.05. The Morgan fingerprint density at radius 1 is 1.29 bits per heavy atom. The lowest BCUT2D eigenvalue weighted by molar-refractivity contribution is -0.137. The first-order valence-electron chi connectivity index (χ1n) is 7.05. The Hall–Kier alpha value is -1.56. The second-order valence-corrected chi connectivity index (χ2v) is 6.05. The minimum Gasteiger partial charge on any atom is -0.351 e. The molecule has 2 N–H and O–H groups in total. The van der Waals surface area contributed by atoms with E-state index in [1.54, 1.807) is 0 Å². The third kappa shape index (κ3) is 3.20. The monoisotopic (exact) mass is 298 g/mol. The molecule has 1 atom stereocenters. The van der Waals surface area contributed by atoms with Gasteiger partial charge in [-0.05, 0) is 42.4 Å². The first-order valence-corrected chi connectivity index (χ1v) is 7.05. The summed E-state index contributed by atoms with van der Waals surface area (Å²) in [6, 6.07) is 4.70. The van der Waals surface area contributed by atoms with E-state index in [2.05, 4.69) is 10.6 Å². The second-order valence-electron chi connectivity index (χ2n) is 6.05. The summed E-state index contributed by atoms with van der Waals surface area (Å²) in [7, 11) is 0. The van der Waals surface area contributed by atoms with E-state index in [4.69, 9.17) is 0 Å². The zero-order valence-electron chi connectivity index (χ0n) is 11.5. The number of nitrogens with one attached hydrogen (secondary N) is 2. The molecule has 1 aromatic rings. The van der Waals surface area contributed by atoms with Gasteiger partial charge >= 0.3 is 6.18 Å². The van der Waals surface area contributed by atoms with Crippen LogP contribution in [0.15, 0.2) is 24.3 Å². The predicted molar refractivity (Wildman–Crippen MR) is 71.4 cm³/mol. The van der Waals surface area contributed by atoms with Gasteiger partial charge in [0.25, 0.3) is 0 Å². The summed E-state index contributed by atoms with van der Waals surface area (Å²) in [6.07, 6.45) is -1.09. The summed E-state index contributed by atoms with van der Waals surface area (Å²) in [4.78, 5) is 12.0. The summed E-state index contributed by atoms with van der Waals surface area (Å²) in [6.45, 7) is 1.15.